The van der Waals surface area contributed by atoms with Crippen LogP contribution in [0.2, 0.25) is 0 Å². The number of rotatable bonds is 22. The van der Waals surface area contributed by atoms with Crippen LogP contribution in [0.3, 0.4) is 0 Å². The van der Waals surface area contributed by atoms with Gasteiger partial charge in [-0.15, -0.1) is 0 Å². The van der Waals surface area contributed by atoms with Gasteiger partial charge in [-0.2, -0.15) is 30.6 Å². The second-order valence-corrected chi connectivity index (χ2v) is 27.9. The van der Waals surface area contributed by atoms with E-state index in [1.54, 1.807) is 54.6 Å². The van der Waals surface area contributed by atoms with E-state index in [4.69, 9.17) is 11.5 Å². The molecular weight excluding hydrogens is 1680 g/mol. The smallest absolute Gasteiger partial charge is 0.256 e. The number of aromatic amines is 6. The summed E-state index contributed by atoms with van der Waals surface area (Å²) in [4.78, 5) is 70.8. The van der Waals surface area contributed by atoms with E-state index in [1.807, 2.05) is 25.1 Å². The number of phenolic OH excluding ortho intramolecular Hbond substituents is 8. The Labute approximate surface area is 727 Å². The predicted molar refractivity (Wildman–Crippen MR) is 465 cm³/mol. The van der Waals surface area contributed by atoms with Crippen molar-refractivity contribution in [2.24, 2.45) is 5.73 Å². The number of ketones is 1. The molecule has 38 heteroatoms. The fraction of sp³-hybridized carbons (Fsp3) is 0.0769. The number of primary amides is 1. The van der Waals surface area contributed by atoms with Crippen molar-refractivity contribution in [3.05, 3.63) is 317 Å². The Morgan fingerprint density at radius 3 is 1.07 bits per heavy atom. The van der Waals surface area contributed by atoms with E-state index in [-0.39, 0.29) is 116 Å². The predicted octanol–water partition coefficient (Wildman–Crippen LogP) is 16.3. The van der Waals surface area contributed by atoms with Gasteiger partial charge in [0.25, 0.3) is 11.8 Å². The number of carbonyl (C=O) groups is 6. The number of aromatic nitrogens is 12. The molecule has 0 saturated carbocycles. The molecule has 129 heavy (non-hydrogen) atoms. The number of Topliss-reactive ketones (excluding diaryl/α,β-unsaturated/α-hetero) is 1. The molecule has 0 bridgehead atoms. The molecule has 0 atom stereocenters. The summed E-state index contributed by atoms with van der Waals surface area (Å²) in [7, 11) is 0. The van der Waals surface area contributed by atoms with E-state index in [9.17, 15) is 96.0 Å². The zero-order chi connectivity index (χ0) is 92.4. The molecule has 16 rings (SSSR count). The first-order chi connectivity index (χ1) is 61.9. The van der Waals surface area contributed by atoms with Crippen LogP contribution in [-0.4, -0.2) is 137 Å². The summed E-state index contributed by atoms with van der Waals surface area (Å²) in [5, 5.41) is 126. The normalized spacial score (nSPS) is 10.5. The number of nitrogens with one attached hydrogen (secondary N) is 10. The number of carbonyl (C=O) groups excluding carboxylic acids is 6. The summed E-state index contributed by atoms with van der Waals surface area (Å²) in [6, 6.07) is 58.3. The van der Waals surface area contributed by atoms with Gasteiger partial charge in [0.05, 0.1) is 40.6 Å². The summed E-state index contributed by atoms with van der Waals surface area (Å²) in [5.74, 6) is -3.45. The quantitative estimate of drug-likeness (QED) is 0.0221. The molecule has 16 aromatic rings. The van der Waals surface area contributed by atoms with E-state index < -0.39 is 46.7 Å². The first kappa shape index (κ1) is 92.0. The van der Waals surface area contributed by atoms with Crippen LogP contribution in [0.25, 0.3) is 67.5 Å². The average Bonchev–Trinajstić information content (AvgIpc) is 1.71. The van der Waals surface area contributed by atoms with Gasteiger partial charge in [-0.1, -0.05) is 49.4 Å². The van der Waals surface area contributed by atoms with Crippen molar-refractivity contribution in [2.75, 3.05) is 27.0 Å². The number of halogens is 6. The second-order valence-electron chi connectivity index (χ2n) is 27.9. The minimum absolute atomic E-state index is 0.0185. The fourth-order valence-electron chi connectivity index (χ4n) is 11.9. The van der Waals surface area contributed by atoms with Gasteiger partial charge in [-0.25, -0.2) is 26.3 Å². The molecule has 658 valence electrons. The number of amides is 5. The van der Waals surface area contributed by atoms with E-state index in [0.29, 0.717) is 105 Å². The monoisotopic (exact) mass is 1760 g/mol. The highest BCUT2D eigenvalue weighted by molar-refractivity contribution is 6.05. The molecular formula is C91H78F6N18O14. The standard InChI is InChI=1S/C20H18FN3O3.C17H14FN3O3.C16H12FN3O3.C16H12FN3O2.C13H14FN3O2.C9H8FN3O/c21-14-8-9-18(25)15(10-14)16-11-17(24-23-16)19(26)3-1-2-12-4-6-13(7-5-12)20(22)27;18-11-3-6-15(23)13(8-11)14-9-16(21-20-14)19-17(24)7-10-1-4-12(22)5-2-10;17-10-3-6-14(22)12(7-10)13-8-15(20-19-13)18-16(23)9-1-4-11(21)5-2-9;17-11-6-7-14(21)12(8-11)13-9-15(20-19-13)18-16(22)10-4-2-1-3-5-10;1-2-3-13(19)15-12-7-10(16-17-12)9-6-8(14)4-5-11(9)18;10-5-1-2-8(14)6(3-5)7-4-9(11)13-12-7/h4-11,25H,1-3H2,(H2,22,27)(H,23,24);1-6,8-9,22-23H,7H2,(H2,19,20,21,24);1-8,21-22H,(H2,18,19,20,23);1-9,21H,(H2,18,19,20,22);4-7,18H,2-3H2,1H3,(H2,15,16,17,19);1-4,14H,(H3,11,12,13). The Morgan fingerprint density at radius 2 is 0.682 bits per heavy atom. The van der Waals surface area contributed by atoms with E-state index >= 15 is 0 Å². The van der Waals surface area contributed by atoms with Crippen LogP contribution in [0.4, 0.5) is 55.4 Å². The maximum atomic E-state index is 13.4. The first-order valence-electron chi connectivity index (χ1n) is 38.7. The van der Waals surface area contributed by atoms with Crippen LogP contribution in [0.15, 0.2) is 249 Å². The third-order valence-corrected chi connectivity index (χ3v) is 18.3. The van der Waals surface area contributed by atoms with Gasteiger partial charge >= 0.3 is 0 Å². The molecule has 6 aromatic heterocycles. The van der Waals surface area contributed by atoms with Gasteiger partial charge in [0.15, 0.2) is 29.1 Å². The van der Waals surface area contributed by atoms with Crippen molar-refractivity contribution in [1.82, 2.24) is 61.2 Å². The molecule has 32 nitrogen and oxygen atoms in total. The van der Waals surface area contributed by atoms with Crippen LogP contribution >= 0.6 is 0 Å². The molecule has 0 fully saturated rings. The number of anilines is 5. The van der Waals surface area contributed by atoms with E-state index in [1.165, 1.54) is 140 Å². The molecule has 0 radical (unpaired) electrons. The number of hydrogen-bond acceptors (Lipinski definition) is 21. The van der Waals surface area contributed by atoms with Crippen molar-refractivity contribution >= 4 is 64.4 Å². The van der Waals surface area contributed by atoms with Gasteiger partial charge in [0, 0.05) is 93.2 Å². The average molecular weight is 1760 g/mol. The number of nitrogens with two attached hydrogens (primary N) is 2. The van der Waals surface area contributed by atoms with Crippen molar-refractivity contribution in [1.29, 1.82) is 0 Å². The van der Waals surface area contributed by atoms with Crippen LogP contribution in [0.5, 0.6) is 46.0 Å². The van der Waals surface area contributed by atoms with E-state index in [2.05, 4.69) is 82.5 Å². The number of nitrogen functional groups attached to an aromatic ring is 1. The molecule has 22 N–H and O–H groups in total. The number of H-pyrrole nitrogens is 6. The summed E-state index contributed by atoms with van der Waals surface area (Å²) >= 11 is 0. The topological polar surface area (TPSA) is 536 Å². The Kier molecular flexibility index (Phi) is 30.9. The zero-order valence-corrected chi connectivity index (χ0v) is 67.5. The Hall–Kier alpha value is -17.7. The van der Waals surface area contributed by atoms with Gasteiger partial charge in [0.2, 0.25) is 17.7 Å². The highest BCUT2D eigenvalue weighted by Crippen LogP contribution is 2.36. The van der Waals surface area contributed by atoms with Gasteiger partial charge < -0.3 is 73.6 Å². The number of nitrogens with zero attached hydrogens (tertiary/aromatic N) is 6. The lowest BCUT2D eigenvalue weighted by Crippen LogP contribution is -2.14. The van der Waals surface area contributed by atoms with Crippen LogP contribution in [-0.2, 0) is 22.4 Å². The Bertz CT molecular complexity index is 6600. The minimum Gasteiger partial charge on any atom is -0.508 e. The summed E-state index contributed by atoms with van der Waals surface area (Å²) < 4.78 is 79.2. The molecule has 10 aromatic carbocycles. The van der Waals surface area contributed by atoms with Crippen LogP contribution in [0.1, 0.15) is 85.3 Å². The Balaban J connectivity index is 0.000000151. The lowest BCUT2D eigenvalue weighted by molar-refractivity contribution is -0.116. The first-order valence-corrected chi connectivity index (χ1v) is 38.7. The molecule has 0 aliphatic carbocycles. The van der Waals surface area contributed by atoms with Gasteiger partial charge in [-0.05, 0) is 206 Å². The number of hydrogen-bond donors (Lipinski definition) is 20. The SMILES string of the molecule is CCCC(=O)Nc1cc(-c2cc(F)ccc2O)[nH]n1.NC(=O)c1ccc(CCCC(=O)c2cc(-c3cc(F)ccc3O)n[nH]2)cc1.Nc1cc(-c2cc(F)ccc2O)[nH]n1.O=C(Cc1ccc(O)cc1)Nc1cc(-c2cc(F)ccc2O)[nH]n1.O=C(Nc1cc(-c2cc(F)ccc2O)[nH]n1)c1ccc(O)cc1.O=C(Nc1cc(-c2cc(F)ccc2O)[nH]n1)c1ccccc1. The van der Waals surface area contributed by atoms with Crippen molar-refractivity contribution < 1.29 is 96.0 Å². The summed E-state index contributed by atoms with van der Waals surface area (Å²) in [6.45, 7) is 1.90. The van der Waals surface area contributed by atoms with Crippen LogP contribution in [0, 0.1) is 34.9 Å². The molecule has 0 saturated heterocycles. The van der Waals surface area contributed by atoms with E-state index in [0.717, 1.165) is 53.9 Å². The molecule has 0 aliphatic heterocycles. The van der Waals surface area contributed by atoms with Gasteiger partial charge in [-0.3, -0.25) is 59.4 Å². The van der Waals surface area contributed by atoms with Crippen molar-refractivity contribution in [3.63, 3.8) is 0 Å². The molecule has 6 heterocycles. The molecule has 0 spiro atoms. The minimum atomic E-state index is -0.499. The van der Waals surface area contributed by atoms with Crippen molar-refractivity contribution in [3.8, 4) is 114 Å². The maximum Gasteiger partial charge on any atom is 0.256 e. The third kappa shape index (κ3) is 26.4. The Morgan fingerprint density at radius 1 is 0.341 bits per heavy atom. The maximum absolute atomic E-state index is 13.4. The lowest BCUT2D eigenvalue weighted by atomic mass is 10.0. The van der Waals surface area contributed by atoms with Crippen molar-refractivity contribution in [2.45, 2.75) is 45.4 Å². The van der Waals surface area contributed by atoms with Gasteiger partial charge in [0.1, 0.15) is 92.4 Å². The number of phenols is 8. The second kappa shape index (κ2) is 43.3. The highest BCUT2D eigenvalue weighted by atomic mass is 19.1. The highest BCUT2D eigenvalue weighted by Gasteiger charge is 2.20. The number of benzene rings is 10. The number of aromatic hydroxyl groups is 8. The number of aryl methyl sites for hydroxylation is 1. The molecule has 0 unspecified atom stereocenters. The van der Waals surface area contributed by atoms with Crippen LogP contribution < -0.4 is 32.7 Å². The summed E-state index contributed by atoms with van der Waals surface area (Å²) in [6.07, 6.45) is 2.87. The third-order valence-electron chi connectivity index (χ3n) is 18.3. The fourth-order valence-corrected chi connectivity index (χ4v) is 11.9. The lowest BCUT2D eigenvalue weighted by Gasteiger charge is -2.02. The zero-order valence-electron chi connectivity index (χ0n) is 67.5. The summed E-state index contributed by atoms with van der Waals surface area (Å²) in [5.41, 5.74) is 17.9. The largest absolute Gasteiger partial charge is 0.508 e. The molecule has 0 aliphatic rings. The molecule has 5 amide bonds.